The van der Waals surface area contributed by atoms with Gasteiger partial charge < -0.3 is 19.6 Å². The van der Waals surface area contributed by atoms with E-state index in [9.17, 15) is 23.1 Å². The molecule has 1 fully saturated rings. The van der Waals surface area contributed by atoms with E-state index in [4.69, 9.17) is 16.3 Å². The molecule has 2 bridgehead atoms. The fraction of sp³-hybridized carbons (Fsp3) is 0.568. The van der Waals surface area contributed by atoms with Crippen molar-refractivity contribution in [3.63, 3.8) is 0 Å². The Morgan fingerprint density at radius 2 is 1.94 bits per heavy atom. The molecule has 4 aliphatic rings. The van der Waals surface area contributed by atoms with E-state index in [-0.39, 0.29) is 34.6 Å². The second kappa shape index (κ2) is 13.0. The van der Waals surface area contributed by atoms with Crippen LogP contribution in [0.5, 0.6) is 5.75 Å². The number of carbonyl (C=O) groups is 2. The molecule has 48 heavy (non-hydrogen) atoms. The summed E-state index contributed by atoms with van der Waals surface area (Å²) in [6, 6.07) is 11.2. The molecule has 2 aromatic rings. The number of amides is 2. The van der Waals surface area contributed by atoms with Crippen LogP contribution in [0.1, 0.15) is 74.4 Å². The normalized spacial score (nSPS) is 32.7. The molecule has 1 saturated carbocycles. The van der Waals surface area contributed by atoms with Gasteiger partial charge in [0.15, 0.2) is 0 Å². The van der Waals surface area contributed by atoms with Gasteiger partial charge in [-0.05, 0) is 105 Å². The fourth-order valence-electron chi connectivity index (χ4n) is 8.36. The number of aliphatic hydroxyl groups is 1. The molecule has 2 aliphatic heterocycles. The van der Waals surface area contributed by atoms with Crippen LogP contribution < -0.4 is 14.4 Å². The van der Waals surface area contributed by atoms with Crippen molar-refractivity contribution in [1.82, 2.24) is 9.62 Å². The first-order valence-corrected chi connectivity index (χ1v) is 19.1. The second-order valence-corrected chi connectivity index (χ2v) is 17.3. The van der Waals surface area contributed by atoms with Crippen molar-refractivity contribution in [2.75, 3.05) is 38.7 Å². The molecule has 7 atom stereocenters. The summed E-state index contributed by atoms with van der Waals surface area (Å²) in [4.78, 5) is 30.7. The molecular formula is C37H48ClN3O6S. The third-order valence-electron chi connectivity index (χ3n) is 11.7. The van der Waals surface area contributed by atoms with E-state index in [1.807, 2.05) is 25.1 Å². The predicted octanol–water partition coefficient (Wildman–Crippen LogP) is 5.34. The fourth-order valence-corrected chi connectivity index (χ4v) is 9.84. The molecule has 0 aromatic heterocycles. The van der Waals surface area contributed by atoms with Crippen LogP contribution >= 0.6 is 11.6 Å². The number of fused-ring (bicyclic) bond motifs is 4. The minimum Gasteiger partial charge on any atom is -0.490 e. The van der Waals surface area contributed by atoms with Gasteiger partial charge in [-0.1, -0.05) is 43.7 Å². The molecule has 11 heteroatoms. The Morgan fingerprint density at radius 1 is 1.17 bits per heavy atom. The number of ether oxygens (including phenoxy) is 1. The number of nitrogens with one attached hydrogen (secondary N) is 1. The summed E-state index contributed by atoms with van der Waals surface area (Å²) in [7, 11) is -0.633. The average Bonchev–Trinajstić information content (AvgIpc) is 3.17. The number of hydrogen-bond acceptors (Lipinski definition) is 7. The zero-order chi connectivity index (χ0) is 34.6. The highest BCUT2D eigenvalue weighted by molar-refractivity contribution is 7.90. The lowest BCUT2D eigenvalue weighted by Gasteiger charge is -2.51. The minimum atomic E-state index is -4.03. The average molecular weight is 698 g/mol. The number of hydrogen-bond donors (Lipinski definition) is 2. The number of carbonyl (C=O) groups excluding carboxylic acids is 2. The van der Waals surface area contributed by atoms with Crippen LogP contribution in [-0.4, -0.2) is 74.9 Å². The monoisotopic (exact) mass is 697 g/mol. The molecule has 0 radical (unpaired) electrons. The van der Waals surface area contributed by atoms with Crippen molar-refractivity contribution in [3.05, 3.63) is 70.3 Å². The van der Waals surface area contributed by atoms with Gasteiger partial charge in [0.1, 0.15) is 5.75 Å². The summed E-state index contributed by atoms with van der Waals surface area (Å²) in [5.74, 6) is -1.44. The lowest BCUT2D eigenvalue weighted by molar-refractivity contribution is -0.147. The van der Waals surface area contributed by atoms with E-state index in [1.54, 1.807) is 52.2 Å². The highest BCUT2D eigenvalue weighted by atomic mass is 35.5. The van der Waals surface area contributed by atoms with Crippen LogP contribution in [0, 0.1) is 23.7 Å². The zero-order valence-electron chi connectivity index (χ0n) is 28.5. The molecule has 2 aliphatic carbocycles. The van der Waals surface area contributed by atoms with Crippen molar-refractivity contribution < 1.29 is 27.9 Å². The molecule has 2 amide bonds. The van der Waals surface area contributed by atoms with E-state index in [1.165, 1.54) is 16.0 Å². The number of anilines is 1. The van der Waals surface area contributed by atoms with Gasteiger partial charge in [-0.25, -0.2) is 13.1 Å². The summed E-state index contributed by atoms with van der Waals surface area (Å²) in [6.45, 7) is 6.80. The van der Waals surface area contributed by atoms with Gasteiger partial charge in [0.25, 0.3) is 5.91 Å². The Kier molecular flexibility index (Phi) is 9.41. The van der Waals surface area contributed by atoms with E-state index in [0.717, 1.165) is 32.1 Å². The quantitative estimate of drug-likeness (QED) is 0.407. The molecule has 2 aromatic carbocycles. The molecule has 9 nitrogen and oxygen atoms in total. The first-order chi connectivity index (χ1) is 22.6. The van der Waals surface area contributed by atoms with Crippen LogP contribution in [0.4, 0.5) is 5.69 Å². The Labute approximate surface area is 289 Å². The van der Waals surface area contributed by atoms with Crippen LogP contribution in [0.25, 0.3) is 0 Å². The number of rotatable bonds is 2. The summed E-state index contributed by atoms with van der Waals surface area (Å²) >= 11 is 6.43. The third kappa shape index (κ3) is 6.24. The Balaban J connectivity index is 1.47. The van der Waals surface area contributed by atoms with Crippen LogP contribution in [-0.2, 0) is 26.7 Å². The summed E-state index contributed by atoms with van der Waals surface area (Å²) in [5.41, 5.74) is 1.59. The van der Waals surface area contributed by atoms with Crippen molar-refractivity contribution in [2.45, 2.75) is 75.6 Å². The Bertz CT molecular complexity index is 1730. The highest BCUT2D eigenvalue weighted by Gasteiger charge is 2.52. The number of nitrogens with zero attached hydrogens (tertiary/aromatic N) is 2. The lowest BCUT2D eigenvalue weighted by atomic mass is 9.60. The number of allylic oxidation sites excluding steroid dienone is 1. The zero-order valence-corrected chi connectivity index (χ0v) is 30.1. The maximum atomic E-state index is 13.5. The maximum Gasteiger partial charge on any atom is 0.264 e. The number of sulfonamides is 1. The van der Waals surface area contributed by atoms with Crippen LogP contribution in [0.3, 0.4) is 0 Å². The van der Waals surface area contributed by atoms with Crippen molar-refractivity contribution in [2.24, 2.45) is 23.7 Å². The van der Waals surface area contributed by atoms with Gasteiger partial charge in [0.05, 0.1) is 29.1 Å². The van der Waals surface area contributed by atoms with Gasteiger partial charge in [0, 0.05) is 43.2 Å². The summed E-state index contributed by atoms with van der Waals surface area (Å²) < 4.78 is 35.7. The van der Waals surface area contributed by atoms with Crippen molar-refractivity contribution in [1.29, 1.82) is 0 Å². The minimum absolute atomic E-state index is 0.0513. The Morgan fingerprint density at radius 3 is 2.65 bits per heavy atom. The van der Waals surface area contributed by atoms with Gasteiger partial charge in [-0.3, -0.25) is 9.59 Å². The van der Waals surface area contributed by atoms with Crippen molar-refractivity contribution in [3.8, 4) is 5.75 Å². The first-order valence-electron chi connectivity index (χ1n) is 17.1. The third-order valence-corrected chi connectivity index (χ3v) is 13.8. The SMILES string of the molecule is C[C@H](C(=O)N(C)C)[C@]1(O)/C=C/C[C@H](C)[C@@H](C)S(=O)(=O)NC(=O)c2ccc3c(c2)N(C[C@@H]2CC[C@H]21)C[C@@]1(CCCc2cc(Cl)ccc21)CO3. The van der Waals surface area contributed by atoms with E-state index in [0.29, 0.717) is 42.6 Å². The predicted molar refractivity (Wildman–Crippen MR) is 188 cm³/mol. The van der Waals surface area contributed by atoms with Gasteiger partial charge in [0.2, 0.25) is 15.9 Å². The first kappa shape index (κ1) is 34.8. The molecule has 2 heterocycles. The molecule has 6 rings (SSSR count). The molecule has 0 saturated heterocycles. The summed E-state index contributed by atoms with van der Waals surface area (Å²) in [5, 5.41) is 12.3. The van der Waals surface area contributed by atoms with Crippen LogP contribution in [0.15, 0.2) is 48.6 Å². The van der Waals surface area contributed by atoms with Gasteiger partial charge >= 0.3 is 0 Å². The van der Waals surface area contributed by atoms with Crippen LogP contribution in [0.2, 0.25) is 5.02 Å². The molecule has 260 valence electrons. The largest absolute Gasteiger partial charge is 0.490 e. The van der Waals surface area contributed by atoms with E-state index < -0.39 is 32.7 Å². The highest BCUT2D eigenvalue weighted by Crippen LogP contribution is 2.50. The van der Waals surface area contributed by atoms with Gasteiger partial charge in [-0.2, -0.15) is 0 Å². The Hall–Kier alpha value is -3.08. The standard InChI is InChI=1S/C37H48ClN3O6S/c1-23-8-6-17-37(44,24(2)35(43)40(4)5)31-13-10-28(31)20-41-21-36(16-7-9-26-18-29(38)12-14-30(26)36)22-47-33-15-11-27(19-32(33)41)34(42)39-48(45,46)25(23)3/h6,11-12,14-15,17-19,23-25,28,31,44H,7-10,13,16,20-22H2,1-5H3,(H,39,42)/b17-6+/t23-,24+,25+,28-,31+,36-,37+/m0/s1. The number of benzene rings is 2. The summed E-state index contributed by atoms with van der Waals surface area (Å²) in [6.07, 6.45) is 8.36. The lowest BCUT2D eigenvalue weighted by Crippen LogP contribution is -2.57. The van der Waals surface area contributed by atoms with E-state index >= 15 is 0 Å². The number of aryl methyl sites for hydroxylation is 1. The van der Waals surface area contributed by atoms with E-state index in [2.05, 4.69) is 15.7 Å². The van der Waals surface area contributed by atoms with Crippen molar-refractivity contribution >= 4 is 39.1 Å². The molecular weight excluding hydrogens is 650 g/mol. The number of halogens is 1. The smallest absolute Gasteiger partial charge is 0.264 e. The van der Waals surface area contributed by atoms with Gasteiger partial charge in [-0.15, -0.1) is 0 Å². The molecule has 0 unspecified atom stereocenters. The maximum absolute atomic E-state index is 13.5. The molecule has 1 spiro atoms. The molecule has 2 N–H and O–H groups in total. The topological polar surface area (TPSA) is 116 Å². The second-order valence-electron chi connectivity index (χ2n) is 14.9.